The zero-order chi connectivity index (χ0) is 14.1. The van der Waals surface area contributed by atoms with E-state index < -0.39 is 0 Å². The maximum atomic E-state index is 12.2. The highest BCUT2D eigenvalue weighted by atomic mass is 35.5. The molecule has 0 aliphatic carbocycles. The second kappa shape index (κ2) is 5.41. The molecule has 0 saturated carbocycles. The first-order valence-electron chi connectivity index (χ1n) is 7.09. The lowest BCUT2D eigenvalue weighted by atomic mass is 10.1. The number of nitrogens with zero attached hydrogens (tertiary/aromatic N) is 2. The fourth-order valence-electron chi connectivity index (χ4n) is 2.66. The highest BCUT2D eigenvalue weighted by Crippen LogP contribution is 2.32. The molecule has 0 atom stereocenters. The summed E-state index contributed by atoms with van der Waals surface area (Å²) in [6.07, 6.45) is 3.43. The summed E-state index contributed by atoms with van der Waals surface area (Å²) in [7, 11) is 0. The van der Waals surface area contributed by atoms with Gasteiger partial charge in [-0.25, -0.2) is 4.98 Å². The van der Waals surface area contributed by atoms with Crippen LogP contribution >= 0.6 is 11.6 Å². The van der Waals surface area contributed by atoms with Crippen LogP contribution in [0.15, 0.2) is 24.3 Å². The lowest BCUT2D eigenvalue weighted by Crippen LogP contribution is -2.29. The minimum Gasteiger partial charge on any atom is -0.296 e. The van der Waals surface area contributed by atoms with E-state index in [-0.39, 0.29) is 5.91 Å². The molecule has 20 heavy (non-hydrogen) atoms. The molecule has 1 aliphatic heterocycles. The molecule has 0 unspecified atom stereocenters. The Labute approximate surface area is 123 Å². The average Bonchev–Trinajstić information content (AvgIpc) is 2.86. The first-order chi connectivity index (χ1) is 9.70. The van der Waals surface area contributed by atoms with E-state index in [0.717, 1.165) is 48.1 Å². The number of fused-ring (bicyclic) bond motifs is 2. The van der Waals surface area contributed by atoms with Gasteiger partial charge in [0.15, 0.2) is 0 Å². The third kappa shape index (κ3) is 2.27. The topological polar surface area (TPSA) is 33.2 Å². The Kier molecular flexibility index (Phi) is 3.62. The monoisotopic (exact) mass is 288 g/mol. The first-order valence-corrected chi connectivity index (χ1v) is 7.47. The number of benzene rings is 1. The molecular formula is C16H17ClN2O. The van der Waals surface area contributed by atoms with Crippen LogP contribution in [0.5, 0.6) is 0 Å². The quantitative estimate of drug-likeness (QED) is 0.856. The molecule has 0 saturated heterocycles. The SMILES string of the molecule is CCCCC(=O)N1CCc2cc3cccc(Cl)c3nc21. The Morgan fingerprint density at radius 2 is 2.30 bits per heavy atom. The Bertz CT molecular complexity index is 669. The molecule has 4 heteroatoms. The van der Waals surface area contributed by atoms with Crippen molar-refractivity contribution in [1.29, 1.82) is 0 Å². The van der Waals surface area contributed by atoms with Crippen LogP contribution in [0.3, 0.4) is 0 Å². The van der Waals surface area contributed by atoms with Crippen LogP contribution in [0.2, 0.25) is 5.02 Å². The van der Waals surface area contributed by atoms with Gasteiger partial charge >= 0.3 is 0 Å². The summed E-state index contributed by atoms with van der Waals surface area (Å²) < 4.78 is 0. The number of pyridine rings is 1. The number of rotatable bonds is 3. The van der Waals surface area contributed by atoms with Gasteiger partial charge in [0.05, 0.1) is 10.5 Å². The van der Waals surface area contributed by atoms with Gasteiger partial charge in [-0.2, -0.15) is 0 Å². The Hall–Kier alpha value is -1.61. The highest BCUT2D eigenvalue weighted by Gasteiger charge is 2.26. The van der Waals surface area contributed by atoms with Gasteiger partial charge in [0.2, 0.25) is 5.91 Å². The summed E-state index contributed by atoms with van der Waals surface area (Å²) >= 11 is 6.20. The van der Waals surface area contributed by atoms with E-state index in [4.69, 9.17) is 11.6 Å². The molecule has 1 aromatic heterocycles. The second-order valence-electron chi connectivity index (χ2n) is 5.18. The normalized spacial score (nSPS) is 13.8. The summed E-state index contributed by atoms with van der Waals surface area (Å²) in [5.41, 5.74) is 1.92. The van der Waals surface area contributed by atoms with Crippen LogP contribution < -0.4 is 4.90 Å². The third-order valence-electron chi connectivity index (χ3n) is 3.76. The van der Waals surface area contributed by atoms with Gasteiger partial charge < -0.3 is 0 Å². The van der Waals surface area contributed by atoms with Crippen LogP contribution in [-0.2, 0) is 11.2 Å². The van der Waals surface area contributed by atoms with Crippen LogP contribution in [0.25, 0.3) is 10.9 Å². The zero-order valence-corrected chi connectivity index (χ0v) is 12.3. The smallest absolute Gasteiger partial charge is 0.228 e. The van der Waals surface area contributed by atoms with Gasteiger partial charge in [0, 0.05) is 18.4 Å². The van der Waals surface area contributed by atoms with Crippen molar-refractivity contribution in [2.24, 2.45) is 0 Å². The van der Waals surface area contributed by atoms with Crippen molar-refractivity contribution >= 4 is 34.2 Å². The van der Waals surface area contributed by atoms with Crippen LogP contribution in [0.1, 0.15) is 31.7 Å². The van der Waals surface area contributed by atoms with Crippen LogP contribution in [0.4, 0.5) is 5.82 Å². The lowest BCUT2D eigenvalue weighted by Gasteiger charge is -2.16. The molecular weight excluding hydrogens is 272 g/mol. The number of anilines is 1. The van der Waals surface area contributed by atoms with Crippen molar-refractivity contribution in [3.63, 3.8) is 0 Å². The molecule has 2 aromatic rings. The Balaban J connectivity index is 2.00. The van der Waals surface area contributed by atoms with E-state index in [1.54, 1.807) is 0 Å². The van der Waals surface area contributed by atoms with E-state index in [1.165, 1.54) is 0 Å². The second-order valence-corrected chi connectivity index (χ2v) is 5.59. The number of para-hydroxylation sites is 1. The zero-order valence-electron chi connectivity index (χ0n) is 11.5. The number of hydrogen-bond acceptors (Lipinski definition) is 2. The molecule has 3 nitrogen and oxygen atoms in total. The van der Waals surface area contributed by atoms with Crippen molar-refractivity contribution in [3.05, 3.63) is 34.9 Å². The van der Waals surface area contributed by atoms with Crippen molar-refractivity contribution in [1.82, 2.24) is 4.98 Å². The number of amides is 1. The molecule has 0 bridgehead atoms. The molecule has 1 aliphatic rings. The molecule has 3 rings (SSSR count). The number of carbonyl (C=O) groups excluding carboxylic acids is 1. The number of aromatic nitrogens is 1. The minimum absolute atomic E-state index is 0.171. The number of hydrogen-bond donors (Lipinski definition) is 0. The molecule has 0 spiro atoms. The highest BCUT2D eigenvalue weighted by molar-refractivity contribution is 6.35. The Morgan fingerprint density at radius 1 is 1.45 bits per heavy atom. The predicted octanol–water partition coefficient (Wildman–Crippen LogP) is 3.97. The average molecular weight is 289 g/mol. The summed E-state index contributed by atoms with van der Waals surface area (Å²) in [6, 6.07) is 7.88. The maximum Gasteiger partial charge on any atom is 0.228 e. The Morgan fingerprint density at radius 3 is 3.10 bits per heavy atom. The van der Waals surface area contributed by atoms with Crippen molar-refractivity contribution < 1.29 is 4.79 Å². The van der Waals surface area contributed by atoms with Gasteiger partial charge in [-0.15, -0.1) is 0 Å². The molecule has 0 radical (unpaired) electrons. The fraction of sp³-hybridized carbons (Fsp3) is 0.375. The maximum absolute atomic E-state index is 12.2. The van der Waals surface area contributed by atoms with Crippen molar-refractivity contribution in [3.8, 4) is 0 Å². The number of halogens is 1. The predicted molar refractivity (Wildman–Crippen MR) is 82.3 cm³/mol. The molecule has 1 amide bonds. The van der Waals surface area contributed by atoms with Crippen LogP contribution in [-0.4, -0.2) is 17.4 Å². The molecule has 0 fully saturated rings. The standard InChI is InChI=1S/C16H17ClN2O/c1-2-3-7-14(20)19-9-8-12-10-11-5-4-6-13(17)15(11)18-16(12)19/h4-6,10H,2-3,7-9H2,1H3. The van der Waals surface area contributed by atoms with Gasteiger partial charge in [-0.1, -0.05) is 37.1 Å². The first kappa shape index (κ1) is 13.4. The van der Waals surface area contributed by atoms with E-state index in [0.29, 0.717) is 11.4 Å². The summed E-state index contributed by atoms with van der Waals surface area (Å²) in [6.45, 7) is 2.83. The largest absolute Gasteiger partial charge is 0.296 e. The summed E-state index contributed by atoms with van der Waals surface area (Å²) in [4.78, 5) is 18.7. The van der Waals surface area contributed by atoms with Gasteiger partial charge in [-0.05, 0) is 30.5 Å². The molecule has 0 N–H and O–H groups in total. The minimum atomic E-state index is 0.171. The fourth-order valence-corrected chi connectivity index (χ4v) is 2.88. The third-order valence-corrected chi connectivity index (χ3v) is 4.06. The molecule has 104 valence electrons. The molecule has 1 aromatic carbocycles. The molecule has 2 heterocycles. The van der Waals surface area contributed by atoms with E-state index in [2.05, 4.69) is 18.0 Å². The van der Waals surface area contributed by atoms with E-state index in [9.17, 15) is 4.79 Å². The number of carbonyl (C=O) groups is 1. The van der Waals surface area contributed by atoms with Gasteiger partial charge in [0.1, 0.15) is 5.82 Å². The lowest BCUT2D eigenvalue weighted by molar-refractivity contribution is -0.118. The van der Waals surface area contributed by atoms with Gasteiger partial charge in [0.25, 0.3) is 0 Å². The van der Waals surface area contributed by atoms with E-state index in [1.807, 2.05) is 23.1 Å². The van der Waals surface area contributed by atoms with Crippen molar-refractivity contribution in [2.45, 2.75) is 32.6 Å². The van der Waals surface area contributed by atoms with E-state index >= 15 is 0 Å². The van der Waals surface area contributed by atoms with Gasteiger partial charge in [-0.3, -0.25) is 9.69 Å². The van der Waals surface area contributed by atoms with Crippen molar-refractivity contribution in [2.75, 3.05) is 11.4 Å². The number of unbranched alkanes of at least 4 members (excludes halogenated alkanes) is 1. The van der Waals surface area contributed by atoms with Crippen LogP contribution in [0, 0.1) is 0 Å². The summed E-state index contributed by atoms with van der Waals surface area (Å²) in [5, 5.41) is 1.68. The summed E-state index contributed by atoms with van der Waals surface area (Å²) in [5.74, 6) is 0.969.